The topological polar surface area (TPSA) is 20.3 Å². The number of amides is 1. The largest absolute Gasteiger partial charge is 0.339 e. The molecule has 2 nitrogen and oxygen atoms in total. The summed E-state index contributed by atoms with van der Waals surface area (Å²) >= 11 is 5.85. The summed E-state index contributed by atoms with van der Waals surface area (Å²) in [6.07, 6.45) is 4.26. The van der Waals surface area contributed by atoms with Crippen molar-refractivity contribution < 1.29 is 9.18 Å². The van der Waals surface area contributed by atoms with Crippen LogP contribution >= 0.6 is 11.6 Å². The summed E-state index contributed by atoms with van der Waals surface area (Å²) in [4.78, 5) is 14.1. The van der Waals surface area contributed by atoms with E-state index < -0.39 is 5.82 Å². The lowest BCUT2D eigenvalue weighted by atomic mass is 9.74. The number of hydrogen-bond acceptors (Lipinski definition) is 1. The second-order valence-corrected chi connectivity index (χ2v) is 6.06. The average molecular weight is 298 g/mol. The first-order valence-electron chi connectivity index (χ1n) is 7.25. The summed E-state index contributed by atoms with van der Waals surface area (Å²) in [5.74, 6) is -0.743. The Morgan fingerprint density at radius 1 is 1.30 bits per heavy atom. The molecule has 1 aliphatic rings. The van der Waals surface area contributed by atoms with Crippen molar-refractivity contribution in [3.8, 4) is 0 Å². The van der Waals surface area contributed by atoms with Gasteiger partial charge in [-0.05, 0) is 36.5 Å². The van der Waals surface area contributed by atoms with Crippen LogP contribution in [0, 0.1) is 11.2 Å². The zero-order chi connectivity index (χ0) is 14.8. The molecule has 1 amide bonds. The van der Waals surface area contributed by atoms with Crippen molar-refractivity contribution in [2.24, 2.45) is 5.41 Å². The van der Waals surface area contributed by atoms with Gasteiger partial charge in [-0.15, -0.1) is 0 Å². The van der Waals surface area contributed by atoms with Crippen LogP contribution in [0.15, 0.2) is 18.2 Å². The molecule has 2 rings (SSSR count). The van der Waals surface area contributed by atoms with Crippen molar-refractivity contribution in [2.75, 3.05) is 13.1 Å². The molecule has 0 spiro atoms. The second-order valence-electron chi connectivity index (χ2n) is 5.62. The number of rotatable bonds is 3. The summed E-state index contributed by atoms with van der Waals surface area (Å²) in [5.41, 5.74) is 0.432. The first kappa shape index (κ1) is 15.3. The third-order valence-electron chi connectivity index (χ3n) is 4.77. The number of carbonyl (C=O) groups is 1. The fraction of sp³-hybridized carbons (Fsp3) is 0.562. The maximum atomic E-state index is 13.8. The fourth-order valence-electron chi connectivity index (χ4n) is 2.97. The average Bonchev–Trinajstić information content (AvgIpc) is 2.49. The van der Waals surface area contributed by atoms with Crippen LogP contribution in [0.4, 0.5) is 4.39 Å². The molecule has 0 aromatic heterocycles. The van der Waals surface area contributed by atoms with Gasteiger partial charge in [-0.3, -0.25) is 4.79 Å². The van der Waals surface area contributed by atoms with Crippen LogP contribution in [0.2, 0.25) is 5.02 Å². The molecular weight excluding hydrogens is 277 g/mol. The van der Waals surface area contributed by atoms with E-state index in [1.165, 1.54) is 18.2 Å². The Morgan fingerprint density at radius 3 is 2.45 bits per heavy atom. The van der Waals surface area contributed by atoms with Gasteiger partial charge in [0.25, 0.3) is 5.91 Å². The molecule has 4 heteroatoms. The molecule has 0 unspecified atom stereocenters. The van der Waals surface area contributed by atoms with E-state index in [1.807, 2.05) is 0 Å². The van der Waals surface area contributed by atoms with E-state index in [0.717, 1.165) is 25.7 Å². The normalized spacial score (nSPS) is 18.1. The fourth-order valence-corrected chi connectivity index (χ4v) is 3.15. The van der Waals surface area contributed by atoms with Crippen LogP contribution < -0.4 is 0 Å². The maximum absolute atomic E-state index is 13.8. The predicted molar refractivity (Wildman–Crippen MR) is 79.6 cm³/mol. The highest BCUT2D eigenvalue weighted by molar-refractivity contribution is 6.31. The Morgan fingerprint density at radius 2 is 1.90 bits per heavy atom. The Balaban J connectivity index is 2.10. The number of hydrogen-bond donors (Lipinski definition) is 0. The lowest BCUT2D eigenvalue weighted by molar-refractivity contribution is 0.0553. The number of piperidine rings is 1. The summed E-state index contributed by atoms with van der Waals surface area (Å²) in [7, 11) is 0. The second kappa shape index (κ2) is 6.13. The third kappa shape index (κ3) is 2.98. The monoisotopic (exact) mass is 297 g/mol. The highest BCUT2D eigenvalue weighted by atomic mass is 35.5. The molecule has 0 saturated carbocycles. The van der Waals surface area contributed by atoms with Crippen LogP contribution in [-0.4, -0.2) is 23.9 Å². The zero-order valence-corrected chi connectivity index (χ0v) is 12.8. The number of benzene rings is 1. The van der Waals surface area contributed by atoms with E-state index in [0.29, 0.717) is 23.5 Å². The van der Waals surface area contributed by atoms with Crippen molar-refractivity contribution in [2.45, 2.75) is 39.5 Å². The number of nitrogens with zero attached hydrogens (tertiary/aromatic N) is 1. The minimum atomic E-state index is -0.498. The first-order valence-corrected chi connectivity index (χ1v) is 7.63. The molecule has 0 N–H and O–H groups in total. The third-order valence-corrected chi connectivity index (χ3v) is 5.01. The SMILES string of the molecule is CCC1(CC)CCN(C(=O)c2cc(Cl)ccc2F)CC1. The zero-order valence-electron chi connectivity index (χ0n) is 12.1. The summed E-state index contributed by atoms with van der Waals surface area (Å²) < 4.78 is 13.8. The Bertz CT molecular complexity index is 489. The van der Waals surface area contributed by atoms with Gasteiger partial charge in [0.2, 0.25) is 0 Å². The molecule has 0 aliphatic carbocycles. The Hall–Kier alpha value is -1.09. The van der Waals surface area contributed by atoms with E-state index in [1.54, 1.807) is 4.90 Å². The lowest BCUT2D eigenvalue weighted by Crippen LogP contribution is -2.43. The van der Waals surface area contributed by atoms with Crippen LogP contribution in [-0.2, 0) is 0 Å². The summed E-state index contributed by atoms with van der Waals surface area (Å²) in [6, 6.07) is 4.13. The van der Waals surface area contributed by atoms with E-state index >= 15 is 0 Å². The summed E-state index contributed by atoms with van der Waals surface area (Å²) in [6.45, 7) is 5.81. The van der Waals surface area contributed by atoms with Gasteiger partial charge in [0.05, 0.1) is 5.56 Å². The Kier molecular flexibility index (Phi) is 4.69. The summed E-state index contributed by atoms with van der Waals surface area (Å²) in [5, 5.41) is 0.392. The maximum Gasteiger partial charge on any atom is 0.256 e. The molecule has 0 atom stereocenters. The van der Waals surface area contributed by atoms with Gasteiger partial charge in [0.1, 0.15) is 5.82 Å². The van der Waals surface area contributed by atoms with Gasteiger partial charge in [-0.25, -0.2) is 4.39 Å². The smallest absolute Gasteiger partial charge is 0.256 e. The van der Waals surface area contributed by atoms with Crippen LogP contribution in [0.1, 0.15) is 49.9 Å². The molecule has 1 fully saturated rings. The van der Waals surface area contributed by atoms with E-state index in [9.17, 15) is 9.18 Å². The number of likely N-dealkylation sites (tertiary alicyclic amines) is 1. The van der Waals surface area contributed by atoms with Gasteiger partial charge in [-0.1, -0.05) is 38.3 Å². The highest BCUT2D eigenvalue weighted by Crippen LogP contribution is 2.38. The molecule has 0 bridgehead atoms. The van der Waals surface area contributed by atoms with Crippen LogP contribution in [0.3, 0.4) is 0 Å². The van der Waals surface area contributed by atoms with Gasteiger partial charge in [-0.2, -0.15) is 0 Å². The molecule has 1 aromatic carbocycles. The molecule has 1 aliphatic heterocycles. The first-order chi connectivity index (χ1) is 9.51. The van der Waals surface area contributed by atoms with Crippen molar-refractivity contribution in [1.82, 2.24) is 4.90 Å². The molecule has 1 aromatic rings. The molecule has 110 valence electrons. The molecular formula is C16H21ClFNO. The predicted octanol–water partition coefficient (Wildman–Crippen LogP) is 4.52. The highest BCUT2D eigenvalue weighted by Gasteiger charge is 2.33. The molecule has 20 heavy (non-hydrogen) atoms. The van der Waals surface area contributed by atoms with Gasteiger partial charge in [0.15, 0.2) is 0 Å². The lowest BCUT2D eigenvalue weighted by Gasteiger charge is -2.41. The van der Waals surface area contributed by atoms with Crippen LogP contribution in [0.25, 0.3) is 0 Å². The van der Waals surface area contributed by atoms with Gasteiger partial charge < -0.3 is 4.90 Å². The van der Waals surface area contributed by atoms with Crippen molar-refractivity contribution in [3.05, 3.63) is 34.6 Å². The molecule has 1 heterocycles. The standard InChI is InChI=1S/C16H21ClFNO/c1-3-16(4-2)7-9-19(10-8-16)15(20)13-11-12(17)5-6-14(13)18/h5-6,11H,3-4,7-10H2,1-2H3. The number of halogens is 2. The minimum absolute atomic E-state index is 0.0815. The van der Waals surface area contributed by atoms with Crippen molar-refractivity contribution in [3.63, 3.8) is 0 Å². The minimum Gasteiger partial charge on any atom is -0.339 e. The van der Waals surface area contributed by atoms with Gasteiger partial charge >= 0.3 is 0 Å². The van der Waals surface area contributed by atoms with Gasteiger partial charge in [0, 0.05) is 18.1 Å². The quantitative estimate of drug-likeness (QED) is 0.803. The van der Waals surface area contributed by atoms with Crippen molar-refractivity contribution in [1.29, 1.82) is 0 Å². The van der Waals surface area contributed by atoms with Crippen LogP contribution in [0.5, 0.6) is 0 Å². The molecule has 1 saturated heterocycles. The van der Waals surface area contributed by atoms with E-state index in [-0.39, 0.29) is 11.5 Å². The van der Waals surface area contributed by atoms with E-state index in [4.69, 9.17) is 11.6 Å². The van der Waals surface area contributed by atoms with Crippen molar-refractivity contribution >= 4 is 17.5 Å². The Labute approximate surface area is 124 Å². The number of carbonyl (C=O) groups excluding carboxylic acids is 1. The molecule has 0 radical (unpaired) electrons. The van der Waals surface area contributed by atoms with E-state index in [2.05, 4.69) is 13.8 Å².